The Morgan fingerprint density at radius 1 is 1.38 bits per heavy atom. The summed E-state index contributed by atoms with van der Waals surface area (Å²) in [4.78, 5) is 16.2. The summed E-state index contributed by atoms with van der Waals surface area (Å²) in [6, 6.07) is 10.4. The van der Waals surface area contributed by atoms with Crippen molar-refractivity contribution in [2.45, 2.75) is 19.5 Å². The van der Waals surface area contributed by atoms with Gasteiger partial charge in [0.05, 0.1) is 18.8 Å². The van der Waals surface area contributed by atoms with Crippen LogP contribution in [0.5, 0.6) is 0 Å². The number of halogens is 1. The first-order valence-electron chi connectivity index (χ1n) is 7.37. The first-order valence-corrected chi connectivity index (χ1v) is 7.74. The lowest BCUT2D eigenvalue weighted by Crippen LogP contribution is -2.36. The van der Waals surface area contributed by atoms with E-state index in [2.05, 4.69) is 25.8 Å². The molecule has 1 atom stereocenters. The van der Waals surface area contributed by atoms with Crippen LogP contribution in [-0.2, 0) is 6.54 Å². The highest BCUT2D eigenvalue weighted by Gasteiger charge is 2.12. The van der Waals surface area contributed by atoms with E-state index in [1.165, 1.54) is 0 Å². The van der Waals surface area contributed by atoms with Crippen LogP contribution in [0.15, 0.2) is 47.1 Å². The Morgan fingerprint density at radius 2 is 2.25 bits per heavy atom. The number of benzene rings is 1. The molecule has 3 rings (SSSR count). The molecule has 2 heterocycles. The molecule has 0 saturated carbocycles. The van der Waals surface area contributed by atoms with Crippen LogP contribution >= 0.6 is 11.6 Å². The van der Waals surface area contributed by atoms with Crippen molar-refractivity contribution in [1.29, 1.82) is 0 Å². The molecule has 3 aromatic rings. The Balaban J connectivity index is 1.52. The average molecular weight is 346 g/mol. The summed E-state index contributed by atoms with van der Waals surface area (Å²) in [6.07, 6.45) is 1.55. The summed E-state index contributed by atoms with van der Waals surface area (Å²) in [5.74, 6) is 1.55. The number of aromatic amines is 1. The lowest BCUT2D eigenvalue weighted by atomic mass is 10.1. The zero-order valence-corrected chi connectivity index (χ0v) is 13.7. The molecule has 2 amide bonds. The van der Waals surface area contributed by atoms with Gasteiger partial charge in [0.25, 0.3) is 0 Å². The Bertz CT molecular complexity index is 816. The molecule has 3 N–H and O–H groups in total. The number of furan rings is 1. The number of urea groups is 1. The number of hydrogen-bond donors (Lipinski definition) is 3. The minimum absolute atomic E-state index is 0.169. The molecular weight excluding hydrogens is 330 g/mol. The van der Waals surface area contributed by atoms with Crippen LogP contribution in [0, 0.1) is 0 Å². The molecule has 1 aromatic carbocycles. The van der Waals surface area contributed by atoms with Crippen molar-refractivity contribution in [1.82, 2.24) is 25.8 Å². The van der Waals surface area contributed by atoms with Crippen molar-refractivity contribution in [3.05, 3.63) is 59.1 Å². The number of carbonyl (C=O) groups is 1. The minimum Gasteiger partial charge on any atom is -0.461 e. The molecule has 0 radical (unpaired) electrons. The molecule has 0 bridgehead atoms. The highest BCUT2D eigenvalue weighted by molar-refractivity contribution is 6.30. The van der Waals surface area contributed by atoms with Crippen molar-refractivity contribution in [2.24, 2.45) is 0 Å². The lowest BCUT2D eigenvalue weighted by Gasteiger charge is -2.14. The third kappa shape index (κ3) is 3.94. The van der Waals surface area contributed by atoms with E-state index in [1.54, 1.807) is 24.5 Å². The molecule has 0 aliphatic carbocycles. The lowest BCUT2D eigenvalue weighted by molar-refractivity contribution is 0.237. The SMILES string of the molecule is CC(NC(=O)NCc1nc(-c2ccco2)n[nH]1)c1cccc(Cl)c1. The second kappa shape index (κ2) is 7.18. The standard InChI is InChI=1S/C16H16ClN5O2/c1-10(11-4-2-5-12(17)8-11)19-16(23)18-9-14-20-15(22-21-14)13-6-3-7-24-13/h2-8,10H,9H2,1H3,(H2,18,19,23)(H,20,21,22). The summed E-state index contributed by atoms with van der Waals surface area (Å²) < 4.78 is 5.21. The third-order valence-electron chi connectivity index (χ3n) is 3.39. The van der Waals surface area contributed by atoms with Gasteiger partial charge in [-0.1, -0.05) is 23.7 Å². The molecule has 0 fully saturated rings. The van der Waals surface area contributed by atoms with Crippen LogP contribution in [0.1, 0.15) is 24.4 Å². The first-order chi connectivity index (χ1) is 11.6. The molecule has 7 nitrogen and oxygen atoms in total. The van der Waals surface area contributed by atoms with Crippen LogP contribution in [0.25, 0.3) is 11.6 Å². The van der Waals surface area contributed by atoms with Crippen molar-refractivity contribution in [3.8, 4) is 11.6 Å². The maximum absolute atomic E-state index is 12.0. The molecule has 24 heavy (non-hydrogen) atoms. The Hall–Kier alpha value is -2.80. The second-order valence-electron chi connectivity index (χ2n) is 5.19. The van der Waals surface area contributed by atoms with Gasteiger partial charge >= 0.3 is 6.03 Å². The van der Waals surface area contributed by atoms with Crippen LogP contribution in [0.2, 0.25) is 5.02 Å². The number of aromatic nitrogens is 3. The maximum Gasteiger partial charge on any atom is 0.315 e. The Labute approximate surface area is 143 Å². The van der Waals surface area contributed by atoms with Gasteiger partial charge in [0.1, 0.15) is 5.82 Å². The number of rotatable bonds is 5. The highest BCUT2D eigenvalue weighted by atomic mass is 35.5. The van der Waals surface area contributed by atoms with E-state index in [4.69, 9.17) is 16.0 Å². The fourth-order valence-corrected chi connectivity index (χ4v) is 2.36. The topological polar surface area (TPSA) is 95.8 Å². The molecule has 1 unspecified atom stereocenters. The summed E-state index contributed by atoms with van der Waals surface area (Å²) in [7, 11) is 0. The highest BCUT2D eigenvalue weighted by Crippen LogP contribution is 2.17. The molecule has 2 aromatic heterocycles. The fourth-order valence-electron chi connectivity index (χ4n) is 2.16. The largest absolute Gasteiger partial charge is 0.461 e. The normalized spacial score (nSPS) is 11.9. The third-order valence-corrected chi connectivity index (χ3v) is 3.62. The number of amides is 2. The fraction of sp³-hybridized carbons (Fsp3) is 0.188. The van der Waals surface area contributed by atoms with Gasteiger partial charge in [-0.25, -0.2) is 9.78 Å². The van der Waals surface area contributed by atoms with E-state index in [0.717, 1.165) is 5.56 Å². The minimum atomic E-state index is -0.307. The van der Waals surface area contributed by atoms with Gasteiger partial charge < -0.3 is 15.1 Å². The Kier molecular flexibility index (Phi) is 4.81. The number of nitrogens with zero attached hydrogens (tertiary/aromatic N) is 2. The van der Waals surface area contributed by atoms with E-state index >= 15 is 0 Å². The van der Waals surface area contributed by atoms with E-state index in [9.17, 15) is 4.79 Å². The molecule has 0 saturated heterocycles. The van der Waals surface area contributed by atoms with Gasteiger partial charge in [-0.05, 0) is 36.8 Å². The number of carbonyl (C=O) groups excluding carboxylic acids is 1. The smallest absolute Gasteiger partial charge is 0.315 e. The first kappa shape index (κ1) is 16.1. The molecule has 124 valence electrons. The van der Waals surface area contributed by atoms with Gasteiger partial charge in [0, 0.05) is 5.02 Å². The van der Waals surface area contributed by atoms with Gasteiger partial charge in [0.2, 0.25) is 5.82 Å². The van der Waals surface area contributed by atoms with Crippen LogP contribution in [0.4, 0.5) is 4.79 Å². The zero-order chi connectivity index (χ0) is 16.9. The quantitative estimate of drug-likeness (QED) is 0.661. The van der Waals surface area contributed by atoms with Crippen molar-refractivity contribution >= 4 is 17.6 Å². The van der Waals surface area contributed by atoms with E-state index in [1.807, 2.05) is 25.1 Å². The zero-order valence-electron chi connectivity index (χ0n) is 12.9. The summed E-state index contributed by atoms with van der Waals surface area (Å²) in [5.41, 5.74) is 0.928. The van der Waals surface area contributed by atoms with Gasteiger partial charge in [-0.15, -0.1) is 5.10 Å². The van der Waals surface area contributed by atoms with E-state index in [0.29, 0.717) is 22.4 Å². The van der Waals surface area contributed by atoms with Crippen LogP contribution in [-0.4, -0.2) is 21.2 Å². The van der Waals surface area contributed by atoms with E-state index < -0.39 is 0 Å². The molecule has 0 spiro atoms. The summed E-state index contributed by atoms with van der Waals surface area (Å²) in [6.45, 7) is 2.11. The Morgan fingerprint density at radius 3 is 3.00 bits per heavy atom. The molecule has 0 aliphatic heterocycles. The number of H-pyrrole nitrogens is 1. The average Bonchev–Trinajstić information content (AvgIpc) is 3.24. The number of hydrogen-bond acceptors (Lipinski definition) is 4. The second-order valence-corrected chi connectivity index (χ2v) is 5.62. The molecule has 0 aliphatic rings. The predicted octanol–water partition coefficient (Wildman–Crippen LogP) is 3.28. The van der Waals surface area contributed by atoms with Crippen molar-refractivity contribution < 1.29 is 9.21 Å². The van der Waals surface area contributed by atoms with E-state index in [-0.39, 0.29) is 18.6 Å². The molecular formula is C16H16ClN5O2. The predicted molar refractivity (Wildman–Crippen MR) is 89.3 cm³/mol. The monoisotopic (exact) mass is 345 g/mol. The van der Waals surface area contributed by atoms with Gasteiger partial charge in [0.15, 0.2) is 5.76 Å². The van der Waals surface area contributed by atoms with Gasteiger partial charge in [-0.3, -0.25) is 5.10 Å². The van der Waals surface area contributed by atoms with Crippen molar-refractivity contribution in [2.75, 3.05) is 0 Å². The van der Waals surface area contributed by atoms with Crippen molar-refractivity contribution in [3.63, 3.8) is 0 Å². The van der Waals surface area contributed by atoms with Crippen LogP contribution in [0.3, 0.4) is 0 Å². The van der Waals surface area contributed by atoms with Crippen LogP contribution < -0.4 is 10.6 Å². The maximum atomic E-state index is 12.0. The summed E-state index contributed by atoms with van der Waals surface area (Å²) in [5, 5.41) is 13.0. The summed E-state index contributed by atoms with van der Waals surface area (Å²) >= 11 is 5.96. The molecule has 8 heteroatoms. The number of nitrogens with one attached hydrogen (secondary N) is 3. The van der Waals surface area contributed by atoms with Gasteiger partial charge in [-0.2, -0.15) is 0 Å².